The standard InChI is InChI=1S/C7H14Cl/c1-4-6(3)7(8)5-2/h8H,4-5H2,1-3H3/q+1/b7-6-. The minimum Gasteiger partial charge on any atom is -0.0614 e. The molecule has 0 aromatic carbocycles. The molecule has 0 fully saturated rings. The molecule has 0 aliphatic heterocycles. The summed E-state index contributed by atoms with van der Waals surface area (Å²) in [5, 5.41) is 1.13. The summed E-state index contributed by atoms with van der Waals surface area (Å²) < 4.78 is 0. The summed E-state index contributed by atoms with van der Waals surface area (Å²) in [6, 6.07) is 0. The number of halogens is 1. The molecule has 0 atom stereocenters. The van der Waals surface area contributed by atoms with Crippen LogP contribution in [0.15, 0.2) is 10.6 Å². The third-order valence-corrected chi connectivity index (χ3v) is 1.96. The first-order valence-electron chi connectivity index (χ1n) is 3.08. The van der Waals surface area contributed by atoms with Crippen LogP contribution in [0.3, 0.4) is 0 Å². The second-order valence-electron chi connectivity index (χ2n) is 1.91. The summed E-state index contributed by atoms with van der Waals surface area (Å²) >= 11 is 5.04. The fourth-order valence-electron chi connectivity index (χ4n) is 0.499. The van der Waals surface area contributed by atoms with E-state index in [4.69, 9.17) is 11.6 Å². The molecule has 0 nitrogen and oxygen atoms in total. The van der Waals surface area contributed by atoms with E-state index < -0.39 is 0 Å². The minimum atomic E-state index is 1.02. The molecule has 0 bridgehead atoms. The number of allylic oxidation sites excluding steroid dienone is 2. The van der Waals surface area contributed by atoms with Gasteiger partial charge in [0.25, 0.3) is 0 Å². The molecule has 0 N–H and O–H groups in total. The Labute approximate surface area is 56.5 Å². The second-order valence-corrected chi connectivity index (χ2v) is 2.40. The predicted molar refractivity (Wildman–Crippen MR) is 34.7 cm³/mol. The lowest BCUT2D eigenvalue weighted by Gasteiger charge is -1.89. The highest BCUT2D eigenvalue weighted by atomic mass is 35.5. The Morgan fingerprint density at radius 2 is 1.75 bits per heavy atom. The van der Waals surface area contributed by atoms with E-state index in [0.717, 1.165) is 17.9 Å². The van der Waals surface area contributed by atoms with Gasteiger partial charge in [-0.2, -0.15) is 0 Å². The molecule has 0 saturated carbocycles. The molecule has 0 aromatic rings. The van der Waals surface area contributed by atoms with Crippen molar-refractivity contribution in [1.82, 2.24) is 0 Å². The molecule has 0 saturated heterocycles. The Kier molecular flexibility index (Phi) is 3.98. The molecular weight excluding hydrogens is 120 g/mol. The highest BCUT2D eigenvalue weighted by Crippen LogP contribution is 2.08. The lowest BCUT2D eigenvalue weighted by atomic mass is 10.2. The monoisotopic (exact) mass is 133 g/mol. The lowest BCUT2D eigenvalue weighted by Crippen LogP contribution is -1.79. The van der Waals surface area contributed by atoms with Gasteiger partial charge in [0, 0.05) is 6.42 Å². The van der Waals surface area contributed by atoms with Gasteiger partial charge in [-0.05, 0) is 18.9 Å². The molecule has 0 amide bonds. The summed E-state index contributed by atoms with van der Waals surface area (Å²) in [5.74, 6) is 0. The van der Waals surface area contributed by atoms with E-state index in [1.165, 1.54) is 5.57 Å². The van der Waals surface area contributed by atoms with Crippen molar-refractivity contribution < 1.29 is 11.6 Å². The highest BCUT2D eigenvalue weighted by molar-refractivity contribution is 5.01. The molecule has 0 spiro atoms. The molecule has 0 rings (SSSR count). The van der Waals surface area contributed by atoms with Gasteiger partial charge >= 0.3 is 0 Å². The van der Waals surface area contributed by atoms with Gasteiger partial charge < -0.3 is 0 Å². The third-order valence-electron chi connectivity index (χ3n) is 1.33. The van der Waals surface area contributed by atoms with Crippen LogP contribution in [0.1, 0.15) is 33.6 Å². The Morgan fingerprint density at radius 1 is 1.25 bits per heavy atom. The van der Waals surface area contributed by atoms with Gasteiger partial charge in [-0.15, -0.1) is 0 Å². The average Bonchev–Trinajstić information content (AvgIpc) is 1.84. The van der Waals surface area contributed by atoms with E-state index in [2.05, 4.69) is 20.8 Å². The first kappa shape index (κ1) is 8.03. The van der Waals surface area contributed by atoms with Gasteiger partial charge in [0.1, 0.15) is 11.6 Å². The summed E-state index contributed by atoms with van der Waals surface area (Å²) in [6.07, 6.45) is 2.13. The fraction of sp³-hybridized carbons (Fsp3) is 0.714. The summed E-state index contributed by atoms with van der Waals surface area (Å²) in [5.41, 5.74) is 1.36. The summed E-state index contributed by atoms with van der Waals surface area (Å²) in [7, 11) is 0. The molecule has 8 heavy (non-hydrogen) atoms. The molecule has 0 aliphatic carbocycles. The largest absolute Gasteiger partial charge is 0.201 e. The first-order valence-corrected chi connectivity index (χ1v) is 3.48. The van der Waals surface area contributed by atoms with Crippen LogP contribution in [0.2, 0.25) is 0 Å². The van der Waals surface area contributed by atoms with E-state index in [1.807, 2.05) is 0 Å². The normalized spacial score (nSPS) is 13.5. The molecule has 1 heteroatoms. The van der Waals surface area contributed by atoms with Crippen LogP contribution in [0.25, 0.3) is 0 Å². The van der Waals surface area contributed by atoms with Crippen LogP contribution in [-0.2, 0) is 0 Å². The zero-order chi connectivity index (χ0) is 6.57. The van der Waals surface area contributed by atoms with Crippen molar-refractivity contribution in [1.29, 1.82) is 0 Å². The topological polar surface area (TPSA) is 0 Å². The molecule has 0 radical (unpaired) electrons. The fourth-order valence-corrected chi connectivity index (χ4v) is 0.643. The average molecular weight is 134 g/mol. The Balaban J connectivity index is 3.83. The van der Waals surface area contributed by atoms with Crippen LogP contribution in [0.5, 0.6) is 0 Å². The van der Waals surface area contributed by atoms with Gasteiger partial charge in [-0.3, -0.25) is 0 Å². The van der Waals surface area contributed by atoms with E-state index in [9.17, 15) is 0 Å². The maximum absolute atomic E-state index is 5.04. The first-order chi connectivity index (χ1) is 3.72. The summed E-state index contributed by atoms with van der Waals surface area (Å²) in [4.78, 5) is 0. The Hall–Kier alpha value is 0.0300. The van der Waals surface area contributed by atoms with Gasteiger partial charge in [0.05, 0.1) is 0 Å². The van der Waals surface area contributed by atoms with Crippen molar-refractivity contribution in [3.05, 3.63) is 10.6 Å². The van der Waals surface area contributed by atoms with Gasteiger partial charge in [-0.25, -0.2) is 0 Å². The van der Waals surface area contributed by atoms with Crippen molar-refractivity contribution in [2.45, 2.75) is 33.6 Å². The summed E-state index contributed by atoms with van der Waals surface area (Å²) in [6.45, 7) is 6.34. The van der Waals surface area contributed by atoms with Crippen molar-refractivity contribution in [3.8, 4) is 0 Å². The van der Waals surface area contributed by atoms with Gasteiger partial charge in [0.2, 0.25) is 5.03 Å². The molecule has 0 aromatic heterocycles. The third kappa shape index (κ3) is 2.37. The van der Waals surface area contributed by atoms with E-state index in [0.29, 0.717) is 0 Å². The maximum atomic E-state index is 5.04. The van der Waals surface area contributed by atoms with Crippen LogP contribution in [0.4, 0.5) is 0 Å². The van der Waals surface area contributed by atoms with Crippen molar-refractivity contribution in [3.63, 3.8) is 0 Å². The zero-order valence-electron chi connectivity index (χ0n) is 5.82. The Morgan fingerprint density at radius 3 is 1.88 bits per heavy atom. The number of hydrogen-bond acceptors (Lipinski definition) is 0. The van der Waals surface area contributed by atoms with Crippen LogP contribution in [-0.4, -0.2) is 0 Å². The minimum absolute atomic E-state index is 1.02. The van der Waals surface area contributed by atoms with E-state index >= 15 is 0 Å². The number of rotatable bonds is 2. The second kappa shape index (κ2) is 3.96. The van der Waals surface area contributed by atoms with Crippen molar-refractivity contribution in [2.24, 2.45) is 0 Å². The number of hydrogen-bond donors (Lipinski definition) is 0. The lowest BCUT2D eigenvalue weighted by molar-refractivity contribution is -0.307. The van der Waals surface area contributed by atoms with Gasteiger partial charge in [-0.1, -0.05) is 13.8 Å². The molecule has 0 aliphatic rings. The highest BCUT2D eigenvalue weighted by Gasteiger charge is 2.00. The smallest absolute Gasteiger partial charge is 0.0614 e. The van der Waals surface area contributed by atoms with Crippen LogP contribution < -0.4 is 0 Å². The van der Waals surface area contributed by atoms with Gasteiger partial charge in [0.15, 0.2) is 0 Å². The molecule has 48 valence electrons. The quantitative estimate of drug-likeness (QED) is 0.543. The van der Waals surface area contributed by atoms with Crippen LogP contribution in [0, 0.1) is 11.6 Å². The van der Waals surface area contributed by atoms with Crippen LogP contribution >= 0.6 is 0 Å². The predicted octanol–water partition coefficient (Wildman–Crippen LogP) is 2.36. The van der Waals surface area contributed by atoms with Crippen molar-refractivity contribution >= 4 is 0 Å². The molecule has 0 unspecified atom stereocenters. The Bertz CT molecular complexity index is 80.6. The van der Waals surface area contributed by atoms with Crippen molar-refractivity contribution in [2.75, 3.05) is 0 Å². The molecule has 0 heterocycles. The van der Waals surface area contributed by atoms with E-state index in [1.54, 1.807) is 0 Å². The maximum Gasteiger partial charge on any atom is 0.201 e. The zero-order valence-corrected chi connectivity index (χ0v) is 6.64. The SMILES string of the molecule is CC/C(C)=C(\[ClH+])CC. The van der Waals surface area contributed by atoms with E-state index in [-0.39, 0.29) is 0 Å². The molecular formula is C7H14Cl+.